The van der Waals surface area contributed by atoms with E-state index in [0.717, 1.165) is 86.1 Å². The van der Waals surface area contributed by atoms with E-state index < -0.39 is 0 Å². The van der Waals surface area contributed by atoms with Crippen LogP contribution in [0, 0.1) is 5.41 Å². The van der Waals surface area contributed by atoms with Crippen molar-refractivity contribution in [1.29, 1.82) is 0 Å². The minimum Gasteiger partial charge on any atom is -0.497 e. The number of para-hydroxylation sites is 1. The van der Waals surface area contributed by atoms with Crippen molar-refractivity contribution in [2.75, 3.05) is 39.9 Å². The summed E-state index contributed by atoms with van der Waals surface area (Å²) >= 11 is 0. The van der Waals surface area contributed by atoms with Crippen molar-refractivity contribution >= 4 is 22.7 Å². The molecule has 0 radical (unpaired) electrons. The fourth-order valence-corrected chi connectivity index (χ4v) is 6.30. The van der Waals surface area contributed by atoms with E-state index in [9.17, 15) is 9.59 Å². The molecule has 3 heterocycles. The molecule has 39 heavy (non-hydrogen) atoms. The van der Waals surface area contributed by atoms with Gasteiger partial charge in [-0.3, -0.25) is 9.59 Å². The molecular formula is C32H41N3O4. The lowest BCUT2D eigenvalue weighted by molar-refractivity contribution is -0.136. The molecule has 5 rings (SSSR count). The third-order valence-corrected chi connectivity index (χ3v) is 8.73. The molecule has 3 aromatic rings. The van der Waals surface area contributed by atoms with Crippen LogP contribution in [0.2, 0.25) is 0 Å². The molecule has 1 fully saturated rings. The van der Waals surface area contributed by atoms with Crippen molar-refractivity contribution in [1.82, 2.24) is 14.8 Å². The van der Waals surface area contributed by atoms with E-state index in [4.69, 9.17) is 9.47 Å². The number of methoxy groups -OCH3 is 1. The molecule has 0 bridgehead atoms. The van der Waals surface area contributed by atoms with Crippen LogP contribution in [-0.2, 0) is 22.4 Å². The number of nitrogens with one attached hydrogen (secondary N) is 1. The Kier molecular flexibility index (Phi) is 8.44. The van der Waals surface area contributed by atoms with Gasteiger partial charge in [0.15, 0.2) is 0 Å². The molecule has 1 aromatic heterocycles. The second kappa shape index (κ2) is 12.1. The summed E-state index contributed by atoms with van der Waals surface area (Å²) in [6.07, 6.45) is 9.27. The van der Waals surface area contributed by atoms with Crippen LogP contribution < -0.4 is 9.47 Å². The largest absolute Gasteiger partial charge is 0.497 e. The topological polar surface area (TPSA) is 74.9 Å². The summed E-state index contributed by atoms with van der Waals surface area (Å²) in [6.45, 7) is 4.96. The lowest BCUT2D eigenvalue weighted by atomic mass is 9.73. The molecule has 7 nitrogen and oxygen atoms in total. The van der Waals surface area contributed by atoms with Crippen LogP contribution in [0.5, 0.6) is 11.5 Å². The second-order valence-electron chi connectivity index (χ2n) is 11.2. The Bertz CT molecular complexity index is 1290. The number of likely N-dealkylation sites (tertiary alicyclic amines) is 1. The zero-order valence-electron chi connectivity index (χ0n) is 23.3. The number of aromatic amines is 1. The van der Waals surface area contributed by atoms with Crippen LogP contribution in [0.15, 0.2) is 48.7 Å². The Balaban J connectivity index is 1.34. The number of nitrogens with zero attached hydrogens (tertiary/aromatic N) is 2. The molecule has 1 saturated heterocycles. The maximum absolute atomic E-state index is 13.8. The quantitative estimate of drug-likeness (QED) is 0.491. The van der Waals surface area contributed by atoms with Gasteiger partial charge in [0, 0.05) is 50.1 Å². The number of hydrogen-bond acceptors (Lipinski definition) is 4. The minimum atomic E-state index is 0.0362. The highest BCUT2D eigenvalue weighted by atomic mass is 16.5. The van der Waals surface area contributed by atoms with E-state index in [1.807, 2.05) is 46.3 Å². The number of amides is 2. The van der Waals surface area contributed by atoms with Crippen molar-refractivity contribution in [2.45, 2.75) is 58.3 Å². The van der Waals surface area contributed by atoms with Crippen LogP contribution in [0.3, 0.4) is 0 Å². The maximum Gasteiger partial charge on any atom is 0.223 e. The summed E-state index contributed by atoms with van der Waals surface area (Å²) in [4.78, 5) is 33.1. The molecule has 2 amide bonds. The van der Waals surface area contributed by atoms with Gasteiger partial charge in [0.1, 0.15) is 18.1 Å². The summed E-state index contributed by atoms with van der Waals surface area (Å²) < 4.78 is 11.7. The Labute approximate surface area is 231 Å². The molecule has 0 unspecified atom stereocenters. The zero-order chi connectivity index (χ0) is 27.2. The number of hydrogen-bond donors (Lipinski definition) is 1. The predicted molar refractivity (Wildman–Crippen MR) is 153 cm³/mol. The molecule has 0 saturated carbocycles. The van der Waals surface area contributed by atoms with Gasteiger partial charge < -0.3 is 24.3 Å². The SMILES string of the molecule is COc1ccc2[nH]cc(CCC(=O)N3CCOc4ccccc4CCCCC4(CCN(C(C)=O)CC4)C3)c2c1. The number of piperidine rings is 1. The number of fused-ring (bicyclic) bond motifs is 2. The van der Waals surface area contributed by atoms with Gasteiger partial charge in [-0.05, 0) is 79.3 Å². The van der Waals surface area contributed by atoms with Crippen molar-refractivity contribution in [2.24, 2.45) is 5.41 Å². The van der Waals surface area contributed by atoms with Crippen molar-refractivity contribution in [3.05, 3.63) is 59.8 Å². The molecule has 1 spiro atoms. The highest BCUT2D eigenvalue weighted by Crippen LogP contribution is 2.38. The molecule has 0 atom stereocenters. The highest BCUT2D eigenvalue weighted by Gasteiger charge is 2.37. The first-order chi connectivity index (χ1) is 19.0. The summed E-state index contributed by atoms with van der Waals surface area (Å²) in [5, 5.41) is 1.10. The monoisotopic (exact) mass is 531 g/mol. The van der Waals surface area contributed by atoms with Gasteiger partial charge in [-0.15, -0.1) is 0 Å². The van der Waals surface area contributed by atoms with Gasteiger partial charge in [-0.1, -0.05) is 24.6 Å². The molecule has 0 aliphatic carbocycles. The summed E-state index contributed by atoms with van der Waals surface area (Å²) in [5.41, 5.74) is 3.45. The van der Waals surface area contributed by atoms with Gasteiger partial charge in [0.2, 0.25) is 11.8 Å². The highest BCUT2D eigenvalue weighted by molar-refractivity contribution is 5.85. The zero-order valence-corrected chi connectivity index (χ0v) is 23.3. The van der Waals surface area contributed by atoms with Crippen LogP contribution >= 0.6 is 0 Å². The third kappa shape index (κ3) is 6.40. The lowest BCUT2D eigenvalue weighted by Crippen LogP contribution is -2.49. The average Bonchev–Trinajstić information content (AvgIpc) is 3.36. The van der Waals surface area contributed by atoms with Crippen LogP contribution in [0.4, 0.5) is 0 Å². The number of aryl methyl sites for hydroxylation is 2. The molecule has 208 valence electrons. The second-order valence-corrected chi connectivity index (χ2v) is 11.2. The Morgan fingerprint density at radius 3 is 2.64 bits per heavy atom. The van der Waals surface area contributed by atoms with Crippen molar-refractivity contribution in [3.63, 3.8) is 0 Å². The van der Waals surface area contributed by atoms with E-state index >= 15 is 0 Å². The van der Waals surface area contributed by atoms with Gasteiger partial charge in [0.05, 0.1) is 13.7 Å². The van der Waals surface area contributed by atoms with Crippen LogP contribution in [0.1, 0.15) is 56.6 Å². The van der Waals surface area contributed by atoms with Gasteiger partial charge in [-0.25, -0.2) is 0 Å². The summed E-state index contributed by atoms with van der Waals surface area (Å²) in [6, 6.07) is 14.3. The Morgan fingerprint density at radius 1 is 1.03 bits per heavy atom. The summed E-state index contributed by atoms with van der Waals surface area (Å²) in [7, 11) is 1.67. The molecule has 1 N–H and O–H groups in total. The normalized spacial score (nSPS) is 18.1. The Hall–Kier alpha value is -3.48. The standard InChI is InChI=1S/C32H41N3O4/c1-24(36)34-17-15-32(16-18-34)14-6-5-8-25-7-3-4-9-30(25)39-20-19-35(23-32)31(37)13-10-26-22-33-29-12-11-27(38-2)21-28(26)29/h3-4,7,9,11-12,21-22,33H,5-6,8,10,13-20,23H2,1-2H3. The molecular weight excluding hydrogens is 490 g/mol. The van der Waals surface area contributed by atoms with E-state index in [2.05, 4.69) is 17.1 Å². The van der Waals surface area contributed by atoms with Gasteiger partial charge in [0.25, 0.3) is 0 Å². The number of H-pyrrole nitrogens is 1. The first kappa shape index (κ1) is 27.1. The third-order valence-electron chi connectivity index (χ3n) is 8.73. The number of ether oxygens (including phenoxy) is 2. The Morgan fingerprint density at radius 2 is 1.85 bits per heavy atom. The first-order valence-electron chi connectivity index (χ1n) is 14.3. The number of aromatic nitrogens is 1. The minimum absolute atomic E-state index is 0.0362. The smallest absolute Gasteiger partial charge is 0.223 e. The van der Waals surface area contributed by atoms with Gasteiger partial charge >= 0.3 is 0 Å². The fraction of sp³-hybridized carbons (Fsp3) is 0.500. The number of rotatable bonds is 4. The fourth-order valence-electron chi connectivity index (χ4n) is 6.30. The molecule has 2 aliphatic heterocycles. The van der Waals surface area contributed by atoms with E-state index in [1.165, 1.54) is 5.56 Å². The summed E-state index contributed by atoms with van der Waals surface area (Å²) in [5.74, 6) is 2.05. The number of carbonyl (C=O) groups excluding carboxylic acids is 2. The van der Waals surface area contributed by atoms with Crippen molar-refractivity contribution in [3.8, 4) is 11.5 Å². The average molecular weight is 532 g/mol. The number of carbonyl (C=O) groups is 2. The van der Waals surface area contributed by atoms with E-state index in [-0.39, 0.29) is 17.2 Å². The first-order valence-corrected chi connectivity index (χ1v) is 14.3. The van der Waals surface area contributed by atoms with E-state index in [1.54, 1.807) is 14.0 Å². The molecule has 7 heteroatoms. The van der Waals surface area contributed by atoms with Crippen molar-refractivity contribution < 1.29 is 19.1 Å². The predicted octanol–water partition coefficient (Wildman–Crippen LogP) is 5.37. The van der Waals surface area contributed by atoms with Crippen LogP contribution in [0.25, 0.3) is 10.9 Å². The van der Waals surface area contributed by atoms with E-state index in [0.29, 0.717) is 26.0 Å². The van der Waals surface area contributed by atoms with Crippen LogP contribution in [-0.4, -0.2) is 66.5 Å². The molecule has 2 aromatic carbocycles. The maximum atomic E-state index is 13.8. The molecule has 2 aliphatic rings. The van der Waals surface area contributed by atoms with Gasteiger partial charge in [-0.2, -0.15) is 0 Å². The number of benzene rings is 2. The lowest BCUT2D eigenvalue weighted by Gasteiger charge is -2.44.